The number of nitrogens with zero attached hydrogens (tertiary/aromatic N) is 3. The molecule has 0 aliphatic rings. The number of hydrogen-bond donors (Lipinski definition) is 0. The van der Waals surface area contributed by atoms with Gasteiger partial charge in [-0.3, -0.25) is 4.79 Å². The Morgan fingerprint density at radius 3 is 2.00 bits per heavy atom. The first-order valence-electron chi connectivity index (χ1n) is 5.20. The number of hydrogen-bond acceptors (Lipinski definition) is 3. The molecule has 0 saturated heterocycles. The molecule has 0 heterocycles. The number of amides is 1. The molecule has 0 spiro atoms. The minimum Gasteiger partial charge on any atom is -0.312 e. The Kier molecular flexibility index (Phi) is 4.25. The molecule has 0 unspecified atom stereocenters. The summed E-state index contributed by atoms with van der Waals surface area (Å²) in [4.78, 5) is 13.3. The summed E-state index contributed by atoms with van der Waals surface area (Å²) < 4.78 is 0. The normalized spacial score (nSPS) is 9.18. The van der Waals surface area contributed by atoms with Crippen molar-refractivity contribution in [2.75, 3.05) is 13.1 Å². The van der Waals surface area contributed by atoms with Crippen molar-refractivity contribution < 1.29 is 4.79 Å². The van der Waals surface area contributed by atoms with Gasteiger partial charge < -0.3 is 4.90 Å². The number of aryl methyl sites for hydroxylation is 2. The fourth-order valence-corrected chi connectivity index (χ4v) is 1.65. The van der Waals surface area contributed by atoms with Crippen LogP contribution in [0.4, 0.5) is 0 Å². The molecule has 0 atom stereocenters. The van der Waals surface area contributed by atoms with Gasteiger partial charge in [0.05, 0.1) is 12.1 Å². The molecule has 1 rings (SSSR count). The van der Waals surface area contributed by atoms with E-state index in [0.717, 1.165) is 11.1 Å². The van der Waals surface area contributed by atoms with Gasteiger partial charge in [0, 0.05) is 5.56 Å². The molecular formula is C13H13N3O. The van der Waals surface area contributed by atoms with Gasteiger partial charge in [0.15, 0.2) is 0 Å². The standard InChI is InChI=1S/C13H13N3O/c1-10-7-11(2)9-12(8-10)13(17)16(5-3-14)6-4-15/h7-9H,5-6H2,1-2H3. The van der Waals surface area contributed by atoms with Crippen molar-refractivity contribution in [3.63, 3.8) is 0 Å². The van der Waals surface area contributed by atoms with Crippen LogP contribution in [0.25, 0.3) is 0 Å². The molecule has 4 nitrogen and oxygen atoms in total. The lowest BCUT2D eigenvalue weighted by Gasteiger charge is -2.16. The lowest BCUT2D eigenvalue weighted by Crippen LogP contribution is -2.31. The van der Waals surface area contributed by atoms with Gasteiger partial charge in [-0.25, -0.2) is 0 Å². The average Bonchev–Trinajstić information content (AvgIpc) is 2.26. The number of carbonyl (C=O) groups excluding carboxylic acids is 1. The van der Waals surface area contributed by atoms with Crippen LogP contribution < -0.4 is 0 Å². The highest BCUT2D eigenvalue weighted by atomic mass is 16.2. The van der Waals surface area contributed by atoms with Gasteiger partial charge in [-0.1, -0.05) is 17.2 Å². The number of benzene rings is 1. The van der Waals surface area contributed by atoms with E-state index in [9.17, 15) is 4.79 Å². The number of nitriles is 2. The van der Waals surface area contributed by atoms with Crippen molar-refractivity contribution in [1.82, 2.24) is 4.90 Å². The zero-order chi connectivity index (χ0) is 12.8. The van der Waals surface area contributed by atoms with Crippen molar-refractivity contribution >= 4 is 5.91 Å². The first-order chi connectivity index (χ1) is 8.08. The van der Waals surface area contributed by atoms with E-state index in [1.807, 2.05) is 32.1 Å². The van der Waals surface area contributed by atoms with Crippen LogP contribution in [-0.2, 0) is 0 Å². The van der Waals surface area contributed by atoms with Gasteiger partial charge >= 0.3 is 0 Å². The van der Waals surface area contributed by atoms with Crippen LogP contribution in [-0.4, -0.2) is 23.9 Å². The quantitative estimate of drug-likeness (QED) is 0.739. The monoisotopic (exact) mass is 227 g/mol. The summed E-state index contributed by atoms with van der Waals surface area (Å²) in [5.41, 5.74) is 2.50. The molecule has 0 aliphatic carbocycles. The lowest BCUT2D eigenvalue weighted by molar-refractivity contribution is 0.0794. The Labute approximate surface area is 101 Å². The summed E-state index contributed by atoms with van der Waals surface area (Å²) in [6.45, 7) is 3.67. The molecule has 4 heteroatoms. The first-order valence-corrected chi connectivity index (χ1v) is 5.20. The number of rotatable bonds is 3. The SMILES string of the molecule is Cc1cc(C)cc(C(=O)N(CC#N)CC#N)c1. The maximum atomic E-state index is 12.1. The molecule has 17 heavy (non-hydrogen) atoms. The van der Waals surface area contributed by atoms with E-state index >= 15 is 0 Å². The van der Waals surface area contributed by atoms with Crippen LogP contribution in [0, 0.1) is 36.5 Å². The molecular weight excluding hydrogens is 214 g/mol. The van der Waals surface area contributed by atoms with Gasteiger partial charge in [0.1, 0.15) is 13.1 Å². The van der Waals surface area contributed by atoms with Gasteiger partial charge in [0.25, 0.3) is 5.91 Å². The minimum atomic E-state index is -0.278. The summed E-state index contributed by atoms with van der Waals surface area (Å²) in [7, 11) is 0. The van der Waals surface area contributed by atoms with E-state index in [-0.39, 0.29) is 19.0 Å². The Morgan fingerprint density at radius 2 is 1.59 bits per heavy atom. The molecule has 0 fully saturated rings. The van der Waals surface area contributed by atoms with E-state index in [1.165, 1.54) is 4.90 Å². The van der Waals surface area contributed by atoms with E-state index < -0.39 is 0 Å². The highest BCUT2D eigenvalue weighted by molar-refractivity contribution is 5.94. The largest absolute Gasteiger partial charge is 0.312 e. The number of carbonyl (C=O) groups is 1. The highest BCUT2D eigenvalue weighted by Gasteiger charge is 2.15. The maximum absolute atomic E-state index is 12.1. The van der Waals surface area contributed by atoms with Gasteiger partial charge in [-0.15, -0.1) is 0 Å². The molecule has 0 bridgehead atoms. The molecule has 0 N–H and O–H groups in total. The molecule has 1 aromatic carbocycles. The van der Waals surface area contributed by atoms with Crippen LogP contribution >= 0.6 is 0 Å². The van der Waals surface area contributed by atoms with Crippen LogP contribution in [0.3, 0.4) is 0 Å². The Bertz CT molecular complexity index is 472. The summed E-state index contributed by atoms with van der Waals surface area (Å²) in [5, 5.41) is 17.2. The fourth-order valence-electron chi connectivity index (χ4n) is 1.65. The minimum absolute atomic E-state index is 0.0701. The topological polar surface area (TPSA) is 67.9 Å². The van der Waals surface area contributed by atoms with Crippen molar-refractivity contribution in [3.05, 3.63) is 34.9 Å². The predicted octanol–water partition coefficient (Wildman–Crippen LogP) is 1.79. The molecule has 1 amide bonds. The second-order valence-electron chi connectivity index (χ2n) is 3.85. The van der Waals surface area contributed by atoms with E-state index in [2.05, 4.69) is 0 Å². The molecule has 86 valence electrons. The van der Waals surface area contributed by atoms with Gasteiger partial charge in [-0.05, 0) is 26.0 Å². The van der Waals surface area contributed by atoms with Crippen LogP contribution in [0.5, 0.6) is 0 Å². The Balaban J connectivity index is 3.02. The van der Waals surface area contributed by atoms with Crippen LogP contribution in [0.15, 0.2) is 18.2 Å². The van der Waals surface area contributed by atoms with E-state index in [4.69, 9.17) is 10.5 Å². The molecule has 0 radical (unpaired) electrons. The summed E-state index contributed by atoms with van der Waals surface area (Å²) in [6.07, 6.45) is 0. The molecule has 0 aromatic heterocycles. The lowest BCUT2D eigenvalue weighted by atomic mass is 10.1. The zero-order valence-corrected chi connectivity index (χ0v) is 9.90. The Morgan fingerprint density at radius 1 is 1.12 bits per heavy atom. The molecule has 0 aliphatic heterocycles. The maximum Gasteiger partial charge on any atom is 0.255 e. The van der Waals surface area contributed by atoms with Crippen molar-refractivity contribution in [3.8, 4) is 12.1 Å². The predicted molar refractivity (Wildman–Crippen MR) is 63.0 cm³/mol. The summed E-state index contributed by atoms with van der Waals surface area (Å²) >= 11 is 0. The summed E-state index contributed by atoms with van der Waals surface area (Å²) in [5.74, 6) is -0.278. The first kappa shape index (κ1) is 12.7. The van der Waals surface area contributed by atoms with Gasteiger partial charge in [0.2, 0.25) is 0 Å². The highest BCUT2D eigenvalue weighted by Crippen LogP contribution is 2.11. The zero-order valence-electron chi connectivity index (χ0n) is 9.90. The second kappa shape index (κ2) is 5.67. The fraction of sp³-hybridized carbons (Fsp3) is 0.308. The molecule has 1 aromatic rings. The third-order valence-electron chi connectivity index (χ3n) is 2.28. The van der Waals surface area contributed by atoms with Crippen LogP contribution in [0.1, 0.15) is 21.5 Å². The third kappa shape index (κ3) is 3.32. The smallest absolute Gasteiger partial charge is 0.255 e. The van der Waals surface area contributed by atoms with Crippen molar-refractivity contribution in [1.29, 1.82) is 10.5 Å². The van der Waals surface area contributed by atoms with Crippen molar-refractivity contribution in [2.45, 2.75) is 13.8 Å². The van der Waals surface area contributed by atoms with Gasteiger partial charge in [-0.2, -0.15) is 10.5 Å². The van der Waals surface area contributed by atoms with E-state index in [1.54, 1.807) is 12.1 Å². The van der Waals surface area contributed by atoms with E-state index in [0.29, 0.717) is 5.56 Å². The second-order valence-corrected chi connectivity index (χ2v) is 3.85. The van der Waals surface area contributed by atoms with Crippen molar-refractivity contribution in [2.24, 2.45) is 0 Å². The summed E-state index contributed by atoms with van der Waals surface area (Å²) in [6, 6.07) is 9.26. The Hall–Kier alpha value is -2.33. The third-order valence-corrected chi connectivity index (χ3v) is 2.28. The van der Waals surface area contributed by atoms with Crippen LogP contribution in [0.2, 0.25) is 0 Å². The average molecular weight is 227 g/mol. The molecule has 0 saturated carbocycles.